The quantitative estimate of drug-likeness (QED) is 0.780. The van der Waals surface area contributed by atoms with Gasteiger partial charge in [0.05, 0.1) is 6.42 Å². The summed E-state index contributed by atoms with van der Waals surface area (Å²) in [6.45, 7) is 2.70. The molecule has 1 aromatic rings. The van der Waals surface area contributed by atoms with E-state index < -0.39 is 0 Å². The highest BCUT2D eigenvalue weighted by atomic mass is 127. The third-order valence-electron chi connectivity index (χ3n) is 2.35. The smallest absolute Gasteiger partial charge is 0.224 e. The standard InChI is InChI=1S/C12H17IN2O.ClH/c1-9(14-2)8-15-12(16)7-10-4-3-5-11(13)6-10;/h3-6,9,14H,7-8H2,1-2H3,(H,15,16);1H. The van der Waals surface area contributed by atoms with Gasteiger partial charge in [-0.05, 0) is 54.3 Å². The number of hydrogen-bond donors (Lipinski definition) is 2. The van der Waals surface area contributed by atoms with Gasteiger partial charge in [0, 0.05) is 16.2 Å². The number of carbonyl (C=O) groups is 1. The Morgan fingerprint density at radius 3 is 2.76 bits per heavy atom. The Bertz CT molecular complexity index is 360. The van der Waals surface area contributed by atoms with E-state index in [0.29, 0.717) is 19.0 Å². The largest absolute Gasteiger partial charge is 0.354 e. The van der Waals surface area contributed by atoms with Gasteiger partial charge in [0.1, 0.15) is 0 Å². The van der Waals surface area contributed by atoms with Crippen LogP contribution in [0.4, 0.5) is 0 Å². The van der Waals surface area contributed by atoms with Crippen molar-refractivity contribution in [2.75, 3.05) is 13.6 Å². The summed E-state index contributed by atoms with van der Waals surface area (Å²) in [6, 6.07) is 8.30. The molecular weight excluding hydrogens is 351 g/mol. The Labute approximate surface area is 122 Å². The van der Waals surface area contributed by atoms with Gasteiger partial charge in [-0.15, -0.1) is 12.4 Å². The summed E-state index contributed by atoms with van der Waals surface area (Å²) < 4.78 is 1.16. The molecule has 0 spiro atoms. The van der Waals surface area contributed by atoms with E-state index in [9.17, 15) is 4.79 Å². The molecule has 5 heteroatoms. The number of likely N-dealkylation sites (N-methyl/N-ethyl adjacent to an activating group) is 1. The average molecular weight is 369 g/mol. The lowest BCUT2D eigenvalue weighted by molar-refractivity contribution is -0.120. The van der Waals surface area contributed by atoms with E-state index in [1.54, 1.807) is 0 Å². The molecule has 17 heavy (non-hydrogen) atoms. The topological polar surface area (TPSA) is 41.1 Å². The first-order valence-corrected chi connectivity index (χ1v) is 6.38. The minimum atomic E-state index is 0. The Balaban J connectivity index is 0.00000256. The van der Waals surface area contributed by atoms with Crippen molar-refractivity contribution in [2.24, 2.45) is 0 Å². The summed E-state index contributed by atoms with van der Waals surface area (Å²) in [5.41, 5.74) is 1.06. The molecule has 0 heterocycles. The van der Waals surface area contributed by atoms with Crippen molar-refractivity contribution < 1.29 is 4.79 Å². The fourth-order valence-electron chi connectivity index (χ4n) is 1.26. The molecule has 3 nitrogen and oxygen atoms in total. The third kappa shape index (κ3) is 6.85. The minimum absolute atomic E-state index is 0. The first-order valence-electron chi connectivity index (χ1n) is 5.30. The van der Waals surface area contributed by atoms with E-state index in [1.807, 2.05) is 38.2 Å². The number of amides is 1. The third-order valence-corrected chi connectivity index (χ3v) is 3.02. The van der Waals surface area contributed by atoms with Gasteiger partial charge in [-0.1, -0.05) is 12.1 Å². The number of hydrogen-bond acceptors (Lipinski definition) is 2. The molecule has 0 aliphatic rings. The molecule has 1 amide bonds. The van der Waals surface area contributed by atoms with Crippen molar-refractivity contribution in [1.82, 2.24) is 10.6 Å². The Morgan fingerprint density at radius 2 is 2.18 bits per heavy atom. The second kappa shape index (κ2) is 8.72. The van der Waals surface area contributed by atoms with Crippen LogP contribution in [0.15, 0.2) is 24.3 Å². The zero-order valence-electron chi connectivity index (χ0n) is 10.00. The zero-order chi connectivity index (χ0) is 12.0. The summed E-state index contributed by atoms with van der Waals surface area (Å²) >= 11 is 2.25. The summed E-state index contributed by atoms with van der Waals surface area (Å²) in [5.74, 6) is 0.0732. The molecule has 0 aliphatic heterocycles. The fraction of sp³-hybridized carbons (Fsp3) is 0.417. The molecule has 96 valence electrons. The van der Waals surface area contributed by atoms with Crippen molar-refractivity contribution in [3.63, 3.8) is 0 Å². The van der Waals surface area contributed by atoms with E-state index in [0.717, 1.165) is 9.13 Å². The Hall–Kier alpha value is -0.330. The van der Waals surface area contributed by atoms with Crippen LogP contribution in [0.1, 0.15) is 12.5 Å². The molecule has 0 aromatic heterocycles. The van der Waals surface area contributed by atoms with Gasteiger partial charge in [0.2, 0.25) is 5.91 Å². The highest BCUT2D eigenvalue weighted by Gasteiger charge is 2.05. The lowest BCUT2D eigenvalue weighted by atomic mass is 10.1. The van der Waals surface area contributed by atoms with Gasteiger partial charge in [0.25, 0.3) is 0 Å². The number of benzene rings is 1. The van der Waals surface area contributed by atoms with Crippen molar-refractivity contribution in [3.05, 3.63) is 33.4 Å². The maximum absolute atomic E-state index is 11.6. The first kappa shape index (κ1) is 16.7. The summed E-state index contributed by atoms with van der Waals surface area (Å²) in [6.07, 6.45) is 0.452. The lowest BCUT2D eigenvalue weighted by Gasteiger charge is -2.11. The molecule has 1 aromatic carbocycles. The molecular formula is C12H18ClIN2O. The number of rotatable bonds is 5. The van der Waals surface area contributed by atoms with E-state index in [-0.39, 0.29) is 18.3 Å². The van der Waals surface area contributed by atoms with Crippen molar-refractivity contribution >= 4 is 40.9 Å². The molecule has 0 aliphatic carbocycles. The molecule has 0 fully saturated rings. The Morgan fingerprint density at radius 1 is 1.47 bits per heavy atom. The summed E-state index contributed by atoms with van der Waals surface area (Å²) in [5, 5.41) is 5.97. The van der Waals surface area contributed by atoms with Crippen LogP contribution >= 0.6 is 35.0 Å². The molecule has 1 unspecified atom stereocenters. The molecule has 0 saturated heterocycles. The second-order valence-electron chi connectivity index (χ2n) is 3.80. The fourth-order valence-corrected chi connectivity index (χ4v) is 1.87. The lowest BCUT2D eigenvalue weighted by Crippen LogP contribution is -2.37. The second-order valence-corrected chi connectivity index (χ2v) is 5.05. The molecule has 0 saturated carbocycles. The SMILES string of the molecule is CNC(C)CNC(=O)Cc1cccc(I)c1.Cl. The van der Waals surface area contributed by atoms with Crippen LogP contribution in [0.3, 0.4) is 0 Å². The van der Waals surface area contributed by atoms with E-state index in [2.05, 4.69) is 33.2 Å². The molecule has 0 bridgehead atoms. The maximum Gasteiger partial charge on any atom is 0.224 e. The van der Waals surface area contributed by atoms with Crippen molar-refractivity contribution in [3.8, 4) is 0 Å². The van der Waals surface area contributed by atoms with E-state index in [1.165, 1.54) is 0 Å². The van der Waals surface area contributed by atoms with Crippen LogP contribution in [0.2, 0.25) is 0 Å². The highest BCUT2D eigenvalue weighted by Crippen LogP contribution is 2.08. The van der Waals surface area contributed by atoms with E-state index in [4.69, 9.17) is 0 Å². The normalized spacial score (nSPS) is 11.5. The van der Waals surface area contributed by atoms with Crippen LogP contribution < -0.4 is 10.6 Å². The van der Waals surface area contributed by atoms with Crippen LogP contribution in [-0.2, 0) is 11.2 Å². The first-order chi connectivity index (χ1) is 7.61. The van der Waals surface area contributed by atoms with Gasteiger partial charge in [-0.2, -0.15) is 0 Å². The summed E-state index contributed by atoms with van der Waals surface area (Å²) in [7, 11) is 1.89. The molecule has 1 atom stereocenters. The predicted molar refractivity (Wildman–Crippen MR) is 81.6 cm³/mol. The van der Waals surface area contributed by atoms with Crippen LogP contribution in [0.5, 0.6) is 0 Å². The van der Waals surface area contributed by atoms with Crippen LogP contribution in [0.25, 0.3) is 0 Å². The van der Waals surface area contributed by atoms with Gasteiger partial charge < -0.3 is 10.6 Å². The van der Waals surface area contributed by atoms with Crippen LogP contribution in [0, 0.1) is 3.57 Å². The highest BCUT2D eigenvalue weighted by molar-refractivity contribution is 14.1. The van der Waals surface area contributed by atoms with E-state index >= 15 is 0 Å². The van der Waals surface area contributed by atoms with Gasteiger partial charge in [0.15, 0.2) is 0 Å². The molecule has 0 radical (unpaired) electrons. The van der Waals surface area contributed by atoms with Crippen molar-refractivity contribution in [2.45, 2.75) is 19.4 Å². The number of carbonyl (C=O) groups excluding carboxylic acids is 1. The maximum atomic E-state index is 11.6. The molecule has 1 rings (SSSR count). The predicted octanol–water partition coefficient (Wildman–Crippen LogP) is 1.98. The van der Waals surface area contributed by atoms with Gasteiger partial charge in [-0.3, -0.25) is 4.79 Å². The summed E-state index contributed by atoms with van der Waals surface area (Å²) in [4.78, 5) is 11.6. The monoisotopic (exact) mass is 368 g/mol. The van der Waals surface area contributed by atoms with Crippen molar-refractivity contribution in [1.29, 1.82) is 0 Å². The zero-order valence-corrected chi connectivity index (χ0v) is 13.0. The number of nitrogens with one attached hydrogen (secondary N) is 2. The Kier molecular flexibility index (Phi) is 8.55. The van der Waals surface area contributed by atoms with Gasteiger partial charge in [-0.25, -0.2) is 0 Å². The average Bonchev–Trinajstić information content (AvgIpc) is 2.26. The van der Waals surface area contributed by atoms with Gasteiger partial charge >= 0.3 is 0 Å². The molecule has 2 N–H and O–H groups in total. The minimum Gasteiger partial charge on any atom is -0.354 e. The van der Waals surface area contributed by atoms with Crippen LogP contribution in [-0.4, -0.2) is 25.5 Å². The number of halogens is 2.